The maximum Gasteiger partial charge on any atom is 0.258 e. The summed E-state index contributed by atoms with van der Waals surface area (Å²) < 4.78 is 21.4. The Kier molecular flexibility index (Phi) is 6.77. The predicted octanol–water partition coefficient (Wildman–Crippen LogP) is 3.90. The van der Waals surface area contributed by atoms with Gasteiger partial charge in [-0.2, -0.15) is 5.26 Å². The summed E-state index contributed by atoms with van der Waals surface area (Å²) in [4.78, 5) is 21.6. The van der Waals surface area contributed by atoms with Crippen LogP contribution in [0.2, 0.25) is 5.02 Å². The molecule has 0 unspecified atom stereocenters. The van der Waals surface area contributed by atoms with E-state index in [0.717, 1.165) is 31.5 Å². The number of rotatable bonds is 5. The molecular weight excluding hydrogens is 495 g/mol. The third-order valence-electron chi connectivity index (χ3n) is 8.17. The van der Waals surface area contributed by atoms with Gasteiger partial charge in [0.15, 0.2) is 0 Å². The minimum atomic E-state index is -0.708. The van der Waals surface area contributed by atoms with Gasteiger partial charge in [-0.25, -0.2) is 9.37 Å². The van der Waals surface area contributed by atoms with E-state index in [1.807, 2.05) is 6.92 Å². The fourth-order valence-electron chi connectivity index (χ4n) is 5.96. The molecule has 2 atom stereocenters. The number of ether oxygens (including phenoxy) is 1. The van der Waals surface area contributed by atoms with Crippen molar-refractivity contribution in [3.63, 3.8) is 0 Å². The second-order valence-electron chi connectivity index (χ2n) is 10.8. The van der Waals surface area contributed by atoms with Crippen LogP contribution in [0, 0.1) is 22.6 Å². The van der Waals surface area contributed by atoms with Gasteiger partial charge in [-0.1, -0.05) is 11.6 Å². The van der Waals surface area contributed by atoms with E-state index in [0.29, 0.717) is 55.7 Å². The average Bonchev–Trinajstić information content (AvgIpc) is 3.44. The highest BCUT2D eigenvalue weighted by Gasteiger charge is 2.52. The second kappa shape index (κ2) is 9.75. The van der Waals surface area contributed by atoms with Crippen molar-refractivity contribution in [2.24, 2.45) is 5.41 Å². The number of likely N-dealkylation sites (N-methyl/N-ethyl adjacent to an activating group) is 1. The van der Waals surface area contributed by atoms with Crippen molar-refractivity contribution in [3.8, 4) is 17.2 Å². The highest BCUT2D eigenvalue weighted by atomic mass is 35.5. The topological polar surface area (TPSA) is 108 Å². The molecule has 3 N–H and O–H groups in total. The SMILES string of the molecule is CN(CCN1CCOCC1)C(=O)c1c(N)ccc(-c2cnc3c(c2Cl)[C@]2(CC[C@@](C)(C#N)C2)CN3)c1F. The van der Waals surface area contributed by atoms with Crippen LogP contribution in [0.15, 0.2) is 18.3 Å². The molecule has 1 aliphatic carbocycles. The van der Waals surface area contributed by atoms with Gasteiger partial charge in [-0.05, 0) is 38.3 Å². The first-order valence-electron chi connectivity index (χ1n) is 12.7. The quantitative estimate of drug-likeness (QED) is 0.569. The van der Waals surface area contributed by atoms with E-state index >= 15 is 4.39 Å². The van der Waals surface area contributed by atoms with E-state index in [1.54, 1.807) is 19.2 Å². The first kappa shape index (κ1) is 25.7. The molecule has 3 heterocycles. The zero-order valence-corrected chi connectivity index (χ0v) is 22.0. The van der Waals surface area contributed by atoms with Gasteiger partial charge in [-0.15, -0.1) is 0 Å². The van der Waals surface area contributed by atoms with Crippen LogP contribution in [0.4, 0.5) is 15.9 Å². The fourth-order valence-corrected chi connectivity index (χ4v) is 6.40. The molecule has 0 bridgehead atoms. The largest absolute Gasteiger partial charge is 0.398 e. The first-order valence-corrected chi connectivity index (χ1v) is 13.0. The number of hydrogen-bond donors (Lipinski definition) is 2. The van der Waals surface area contributed by atoms with Crippen LogP contribution in [0.5, 0.6) is 0 Å². The number of nitrogens with two attached hydrogens (primary N) is 1. The van der Waals surface area contributed by atoms with Crippen LogP contribution in [0.1, 0.15) is 42.1 Å². The number of aromatic nitrogens is 1. The van der Waals surface area contributed by atoms with Crippen LogP contribution in [-0.2, 0) is 10.2 Å². The Morgan fingerprint density at radius 3 is 2.81 bits per heavy atom. The van der Waals surface area contributed by atoms with Crippen molar-refractivity contribution in [1.29, 1.82) is 5.26 Å². The molecule has 0 radical (unpaired) electrons. The van der Waals surface area contributed by atoms with E-state index in [1.165, 1.54) is 11.1 Å². The molecule has 37 heavy (non-hydrogen) atoms. The van der Waals surface area contributed by atoms with E-state index in [4.69, 9.17) is 22.1 Å². The first-order chi connectivity index (χ1) is 17.7. The Hall–Kier alpha value is -2.93. The summed E-state index contributed by atoms with van der Waals surface area (Å²) in [6.07, 6.45) is 3.75. The van der Waals surface area contributed by atoms with Gasteiger partial charge in [0.25, 0.3) is 5.91 Å². The number of hydrogen-bond acceptors (Lipinski definition) is 7. The molecule has 8 nitrogen and oxygen atoms in total. The molecule has 1 aromatic heterocycles. The summed E-state index contributed by atoms with van der Waals surface area (Å²) in [6.45, 7) is 6.67. The van der Waals surface area contributed by atoms with Gasteiger partial charge >= 0.3 is 0 Å². The maximum atomic E-state index is 16.0. The predicted molar refractivity (Wildman–Crippen MR) is 141 cm³/mol. The molecule has 10 heteroatoms. The molecule has 196 valence electrons. The second-order valence-corrected chi connectivity index (χ2v) is 11.1. The lowest BCUT2D eigenvalue weighted by Gasteiger charge is -2.29. The van der Waals surface area contributed by atoms with Crippen LogP contribution in [0.3, 0.4) is 0 Å². The van der Waals surface area contributed by atoms with Gasteiger partial charge in [0, 0.05) is 73.8 Å². The van der Waals surface area contributed by atoms with Crippen LogP contribution in [-0.4, -0.2) is 73.7 Å². The van der Waals surface area contributed by atoms with Crippen LogP contribution >= 0.6 is 11.6 Å². The number of nitriles is 1. The van der Waals surface area contributed by atoms with Crippen molar-refractivity contribution in [1.82, 2.24) is 14.8 Å². The molecule has 1 saturated carbocycles. The van der Waals surface area contributed by atoms with E-state index in [2.05, 4.69) is 21.3 Å². The zero-order chi connectivity index (χ0) is 26.4. The summed E-state index contributed by atoms with van der Waals surface area (Å²) >= 11 is 6.96. The molecule has 1 saturated heterocycles. The number of anilines is 2. The smallest absolute Gasteiger partial charge is 0.258 e. The standard InChI is InChI=1S/C27H32ClFN6O2/c1-26(15-30)5-6-27(14-26)16-33-24-21(27)22(28)18(13-32-24)17-3-4-19(31)20(23(17)29)25(36)34(2)7-8-35-9-11-37-12-10-35/h3-4,13H,5-12,14,16,31H2,1-2H3,(H,32,33)/t26-,27+/m1/s1. The summed E-state index contributed by atoms with van der Waals surface area (Å²) in [5, 5.41) is 13.4. The normalized spacial score (nSPS) is 25.1. The summed E-state index contributed by atoms with van der Waals surface area (Å²) in [5.41, 5.74) is 6.68. The Morgan fingerprint density at radius 1 is 1.35 bits per heavy atom. The van der Waals surface area contributed by atoms with Crippen molar-refractivity contribution >= 4 is 29.0 Å². The summed E-state index contributed by atoms with van der Waals surface area (Å²) in [6, 6.07) is 5.54. The van der Waals surface area contributed by atoms with Gasteiger partial charge in [0.1, 0.15) is 11.6 Å². The average molecular weight is 527 g/mol. The molecule has 1 spiro atoms. The number of carbonyl (C=O) groups excluding carboxylic acids is 1. The van der Waals surface area contributed by atoms with Crippen LogP contribution < -0.4 is 11.1 Å². The van der Waals surface area contributed by atoms with Crippen molar-refractivity contribution in [2.75, 3.05) is 64.0 Å². The molecule has 5 rings (SSSR count). The maximum absolute atomic E-state index is 16.0. The monoisotopic (exact) mass is 526 g/mol. The Balaban J connectivity index is 1.46. The summed E-state index contributed by atoms with van der Waals surface area (Å²) in [5.74, 6) is -0.514. The number of fused-ring (bicyclic) bond motifs is 2. The Bertz CT molecular complexity index is 1280. The van der Waals surface area contributed by atoms with E-state index in [-0.39, 0.29) is 22.2 Å². The van der Waals surface area contributed by atoms with Gasteiger partial charge in [0.2, 0.25) is 0 Å². The van der Waals surface area contributed by atoms with Gasteiger partial charge < -0.3 is 20.7 Å². The lowest BCUT2D eigenvalue weighted by molar-refractivity contribution is 0.0338. The van der Waals surface area contributed by atoms with Crippen molar-refractivity contribution < 1.29 is 13.9 Å². The molecule has 1 amide bonds. The van der Waals surface area contributed by atoms with E-state index in [9.17, 15) is 10.1 Å². The number of nitrogens with zero attached hydrogens (tertiary/aromatic N) is 4. The Labute approximate surface area is 221 Å². The van der Waals surface area contributed by atoms with Gasteiger partial charge in [-0.3, -0.25) is 9.69 Å². The molecular formula is C27H32ClFN6O2. The third kappa shape index (κ3) is 4.52. The molecule has 1 aromatic carbocycles. The number of morpholine rings is 1. The fraction of sp³-hybridized carbons (Fsp3) is 0.519. The minimum absolute atomic E-state index is 0.0773. The lowest BCUT2D eigenvalue weighted by atomic mass is 9.77. The molecule has 2 fully saturated rings. The number of carbonyl (C=O) groups is 1. The molecule has 2 aliphatic heterocycles. The number of nitrogen functional groups attached to an aromatic ring is 1. The van der Waals surface area contributed by atoms with Gasteiger partial charge in [0.05, 0.1) is 35.3 Å². The molecule has 2 aromatic rings. The highest BCUT2D eigenvalue weighted by molar-refractivity contribution is 6.34. The zero-order valence-electron chi connectivity index (χ0n) is 21.2. The van der Waals surface area contributed by atoms with E-state index < -0.39 is 17.1 Å². The Morgan fingerprint density at radius 2 is 2.11 bits per heavy atom. The number of pyridine rings is 1. The number of amides is 1. The third-order valence-corrected chi connectivity index (χ3v) is 8.57. The van der Waals surface area contributed by atoms with Crippen molar-refractivity contribution in [3.05, 3.63) is 40.3 Å². The highest BCUT2D eigenvalue weighted by Crippen LogP contribution is 2.57. The number of halogens is 2. The van der Waals surface area contributed by atoms with Crippen molar-refractivity contribution in [2.45, 2.75) is 31.6 Å². The number of nitrogens with one attached hydrogen (secondary N) is 1. The minimum Gasteiger partial charge on any atom is -0.398 e. The summed E-state index contributed by atoms with van der Waals surface area (Å²) in [7, 11) is 1.65. The molecule has 3 aliphatic rings. The van der Waals surface area contributed by atoms with Crippen LogP contribution in [0.25, 0.3) is 11.1 Å². The number of benzene rings is 1. The lowest BCUT2D eigenvalue weighted by Crippen LogP contribution is -2.42.